The lowest BCUT2D eigenvalue weighted by Gasteiger charge is -2.02. The molecule has 0 radical (unpaired) electrons. The predicted molar refractivity (Wildman–Crippen MR) is 123 cm³/mol. The Kier molecular flexibility index (Phi) is 5.47. The number of imidazole rings is 1. The highest BCUT2D eigenvalue weighted by Crippen LogP contribution is 2.24. The van der Waals surface area contributed by atoms with Gasteiger partial charge in [-0.1, -0.05) is 18.2 Å². The fraction of sp³-hybridized carbons (Fsp3) is 0.0833. The zero-order chi connectivity index (χ0) is 22.6. The molecular weight excluding hydrogens is 420 g/mol. The van der Waals surface area contributed by atoms with E-state index in [1.807, 2.05) is 42.6 Å². The first-order chi connectivity index (χ1) is 16.2. The standard InChI is InChI=1S/C24H18N6O3/c31-11-12-33-19-7-8-20-22(14-19)27-23(26-20)16-1-3-17(4-2-16)24(32)29-30-28-18-6-5-15-9-10-25-21(15)13-18/h1-10,13-14,31H,11-12H2,(H,26,27,32)/p+1. The first-order valence-electron chi connectivity index (χ1n) is 10.3. The van der Waals surface area contributed by atoms with E-state index in [1.165, 1.54) is 0 Å². The molecule has 9 heteroatoms. The Balaban J connectivity index is 1.31. The van der Waals surface area contributed by atoms with Gasteiger partial charge >= 0.3 is 5.91 Å². The molecule has 0 atom stereocenters. The van der Waals surface area contributed by atoms with E-state index in [9.17, 15) is 4.79 Å². The molecule has 9 nitrogen and oxygen atoms in total. The minimum atomic E-state index is -0.485. The number of hydrogen-bond donors (Lipinski definition) is 3. The van der Waals surface area contributed by atoms with Crippen molar-refractivity contribution in [3.8, 4) is 17.1 Å². The number of rotatable bonds is 6. The topological polar surface area (TPSA) is 130 Å². The van der Waals surface area contributed by atoms with Gasteiger partial charge in [-0.25, -0.2) is 4.98 Å². The maximum atomic E-state index is 12.3. The SMILES string of the molecule is O=C(N=[N+]=Nc1ccc2cc[nH]c2c1)c1ccc(-c2nc3ccc(OCCO)cc3[nH]2)cc1. The van der Waals surface area contributed by atoms with Crippen LogP contribution in [0.3, 0.4) is 0 Å². The molecule has 2 heterocycles. The maximum Gasteiger partial charge on any atom is 0.360 e. The second-order valence-electron chi connectivity index (χ2n) is 7.26. The Hall–Kier alpha value is -4.59. The summed E-state index contributed by atoms with van der Waals surface area (Å²) in [6.07, 6.45) is 1.85. The monoisotopic (exact) mass is 439 g/mol. The third-order valence-electron chi connectivity index (χ3n) is 5.05. The van der Waals surface area contributed by atoms with Crippen molar-refractivity contribution in [3.63, 3.8) is 0 Å². The van der Waals surface area contributed by atoms with E-state index < -0.39 is 5.91 Å². The summed E-state index contributed by atoms with van der Waals surface area (Å²) in [7, 11) is 0. The lowest BCUT2D eigenvalue weighted by atomic mass is 10.1. The molecule has 0 aliphatic carbocycles. The highest BCUT2D eigenvalue weighted by molar-refractivity contribution is 5.95. The van der Waals surface area contributed by atoms with Gasteiger partial charge in [0.25, 0.3) is 0 Å². The maximum absolute atomic E-state index is 12.3. The fourth-order valence-corrected chi connectivity index (χ4v) is 3.42. The van der Waals surface area contributed by atoms with Gasteiger partial charge in [-0.3, -0.25) is 4.79 Å². The molecule has 162 valence electrons. The van der Waals surface area contributed by atoms with Gasteiger partial charge in [0.1, 0.15) is 18.2 Å². The van der Waals surface area contributed by atoms with Crippen LogP contribution in [-0.2, 0) is 0 Å². The number of aliphatic hydroxyl groups is 1. The molecule has 0 bridgehead atoms. The largest absolute Gasteiger partial charge is 0.491 e. The van der Waals surface area contributed by atoms with Crippen LogP contribution in [0.25, 0.3) is 33.3 Å². The summed E-state index contributed by atoms with van der Waals surface area (Å²) in [6, 6.07) is 19.9. The zero-order valence-corrected chi connectivity index (χ0v) is 17.4. The number of H-pyrrole nitrogens is 2. The quantitative estimate of drug-likeness (QED) is 0.265. The van der Waals surface area contributed by atoms with E-state index in [4.69, 9.17) is 9.84 Å². The van der Waals surface area contributed by atoms with Gasteiger partial charge in [-0.05, 0) is 47.9 Å². The van der Waals surface area contributed by atoms with E-state index >= 15 is 0 Å². The van der Waals surface area contributed by atoms with Crippen LogP contribution in [0.5, 0.6) is 5.75 Å². The number of carbonyl (C=O) groups excluding carboxylic acids is 1. The number of aromatic nitrogens is 3. The molecule has 5 aromatic rings. The van der Waals surface area contributed by atoms with Crippen LogP contribution in [-0.4, -0.2) is 39.2 Å². The highest BCUT2D eigenvalue weighted by Gasteiger charge is 2.12. The molecule has 3 N–H and O–H groups in total. The summed E-state index contributed by atoms with van der Waals surface area (Å²) < 4.78 is 5.43. The molecule has 0 aliphatic heterocycles. The summed E-state index contributed by atoms with van der Waals surface area (Å²) in [4.78, 5) is 26.9. The number of benzene rings is 3. The summed E-state index contributed by atoms with van der Waals surface area (Å²) in [5.41, 5.74) is 4.36. The third kappa shape index (κ3) is 4.40. The van der Waals surface area contributed by atoms with E-state index in [2.05, 4.69) is 30.1 Å². The molecule has 0 saturated carbocycles. The van der Waals surface area contributed by atoms with Crippen molar-refractivity contribution in [2.75, 3.05) is 13.2 Å². The van der Waals surface area contributed by atoms with Crippen molar-refractivity contribution in [2.24, 2.45) is 10.2 Å². The van der Waals surface area contributed by atoms with Gasteiger partial charge in [0.2, 0.25) is 10.0 Å². The van der Waals surface area contributed by atoms with Crippen LogP contribution >= 0.6 is 0 Å². The number of nitrogens with zero attached hydrogens (tertiary/aromatic N) is 4. The summed E-state index contributed by atoms with van der Waals surface area (Å²) in [5, 5.41) is 17.6. The van der Waals surface area contributed by atoms with Crippen molar-refractivity contribution in [3.05, 3.63) is 78.5 Å². The Morgan fingerprint density at radius 3 is 2.76 bits per heavy atom. The number of aromatic amines is 2. The van der Waals surface area contributed by atoms with Crippen LogP contribution in [0.1, 0.15) is 10.4 Å². The molecule has 0 fully saturated rings. The zero-order valence-electron chi connectivity index (χ0n) is 17.4. The first-order valence-corrected chi connectivity index (χ1v) is 10.3. The molecule has 5 rings (SSSR count). The number of hydrogen-bond acceptors (Lipinski definition) is 5. The van der Waals surface area contributed by atoms with Gasteiger partial charge < -0.3 is 19.8 Å². The molecule has 2 aromatic heterocycles. The van der Waals surface area contributed by atoms with Crippen molar-refractivity contribution in [1.82, 2.24) is 19.9 Å². The minimum absolute atomic E-state index is 0.0474. The van der Waals surface area contributed by atoms with Crippen LogP contribution in [0.4, 0.5) is 5.69 Å². The molecule has 0 unspecified atom stereocenters. The van der Waals surface area contributed by atoms with Crippen LogP contribution in [0, 0.1) is 0 Å². The fourth-order valence-electron chi connectivity index (χ4n) is 3.42. The Morgan fingerprint density at radius 1 is 1.03 bits per heavy atom. The number of amides is 1. The molecule has 3 aromatic carbocycles. The summed E-state index contributed by atoms with van der Waals surface area (Å²) in [5.74, 6) is 0.831. The van der Waals surface area contributed by atoms with Crippen LogP contribution in [0.15, 0.2) is 83.2 Å². The van der Waals surface area contributed by atoms with Crippen LogP contribution in [0.2, 0.25) is 0 Å². The number of carbonyl (C=O) groups is 1. The second-order valence-corrected chi connectivity index (χ2v) is 7.26. The van der Waals surface area contributed by atoms with Gasteiger partial charge in [0.05, 0.1) is 17.6 Å². The molecule has 1 amide bonds. The number of nitrogens with one attached hydrogen (secondary N) is 2. The molecule has 0 aliphatic rings. The van der Waals surface area contributed by atoms with E-state index in [-0.39, 0.29) is 13.2 Å². The summed E-state index contributed by atoms with van der Waals surface area (Å²) in [6.45, 7) is 0.183. The molecular formula is C24H19N6O3+. The molecule has 0 spiro atoms. The van der Waals surface area contributed by atoms with Gasteiger partial charge in [0.15, 0.2) is 10.8 Å². The van der Waals surface area contributed by atoms with E-state index in [0.717, 1.165) is 27.5 Å². The van der Waals surface area contributed by atoms with Crippen LogP contribution < -0.4 is 9.65 Å². The van der Waals surface area contributed by atoms with E-state index in [0.29, 0.717) is 22.8 Å². The highest BCUT2D eigenvalue weighted by atomic mass is 16.5. The van der Waals surface area contributed by atoms with Crippen molar-refractivity contribution < 1.29 is 14.6 Å². The average molecular weight is 439 g/mol. The minimum Gasteiger partial charge on any atom is -0.491 e. The normalized spacial score (nSPS) is 10.8. The van der Waals surface area contributed by atoms with Gasteiger partial charge in [-0.2, -0.15) is 0 Å². The van der Waals surface area contributed by atoms with Gasteiger partial charge in [-0.15, -0.1) is 0 Å². The number of ether oxygens (including phenoxy) is 1. The number of fused-ring (bicyclic) bond motifs is 2. The molecule has 0 saturated heterocycles. The second kappa shape index (κ2) is 8.88. The average Bonchev–Trinajstić information content (AvgIpc) is 3.49. The smallest absolute Gasteiger partial charge is 0.360 e. The van der Waals surface area contributed by atoms with E-state index in [1.54, 1.807) is 30.3 Å². The molecule has 33 heavy (non-hydrogen) atoms. The van der Waals surface area contributed by atoms with Crippen molar-refractivity contribution in [1.29, 1.82) is 0 Å². The Morgan fingerprint density at radius 2 is 1.91 bits per heavy atom. The summed E-state index contributed by atoms with van der Waals surface area (Å²) >= 11 is 0. The Labute approximate surface area is 187 Å². The Bertz CT molecular complexity index is 1510. The van der Waals surface area contributed by atoms with Crippen molar-refractivity contribution >= 4 is 33.5 Å². The first kappa shape index (κ1) is 20.3. The lowest BCUT2D eigenvalue weighted by molar-refractivity contribution is 0.0992. The predicted octanol–water partition coefficient (Wildman–Crippen LogP) is 4.53. The van der Waals surface area contributed by atoms with Gasteiger partial charge in [0, 0.05) is 28.9 Å². The van der Waals surface area contributed by atoms with Crippen molar-refractivity contribution in [2.45, 2.75) is 0 Å². The lowest BCUT2D eigenvalue weighted by Crippen LogP contribution is -2.01. The number of aliphatic hydroxyl groups excluding tert-OH is 1. The third-order valence-corrected chi connectivity index (χ3v) is 5.05.